The van der Waals surface area contributed by atoms with Gasteiger partial charge in [0.1, 0.15) is 6.07 Å². The first-order valence-corrected chi connectivity index (χ1v) is 10.7. The molecule has 1 aliphatic rings. The van der Waals surface area contributed by atoms with E-state index in [4.69, 9.17) is 4.42 Å². The van der Waals surface area contributed by atoms with Crippen LogP contribution in [0, 0.1) is 11.3 Å². The number of nitriles is 1. The van der Waals surface area contributed by atoms with Crippen molar-refractivity contribution in [2.24, 2.45) is 0 Å². The average Bonchev–Trinajstić information content (AvgIpc) is 3.19. The van der Waals surface area contributed by atoms with Gasteiger partial charge in [0, 0.05) is 38.8 Å². The normalized spacial score (nSPS) is 16.4. The summed E-state index contributed by atoms with van der Waals surface area (Å²) in [5, 5.41) is 15.2. The van der Waals surface area contributed by atoms with Crippen molar-refractivity contribution in [1.82, 2.24) is 14.8 Å². The lowest BCUT2D eigenvalue weighted by Gasteiger charge is -2.37. The number of anilines is 1. The summed E-state index contributed by atoms with van der Waals surface area (Å²) in [7, 11) is 0. The van der Waals surface area contributed by atoms with Crippen molar-refractivity contribution in [3.8, 4) is 6.07 Å². The summed E-state index contributed by atoms with van der Waals surface area (Å²) in [6.45, 7) is 10.6. The van der Waals surface area contributed by atoms with Crippen LogP contribution in [0.4, 0.5) is 5.88 Å². The molecule has 1 saturated heterocycles. The zero-order valence-corrected chi connectivity index (χ0v) is 17.8. The van der Waals surface area contributed by atoms with E-state index in [-0.39, 0.29) is 0 Å². The Morgan fingerprint density at radius 1 is 1.13 bits per heavy atom. The molecule has 0 unspecified atom stereocenters. The van der Waals surface area contributed by atoms with Crippen LogP contribution in [0.25, 0.3) is 10.8 Å². The van der Waals surface area contributed by atoms with E-state index in [1.54, 1.807) is 0 Å². The molecule has 0 bridgehead atoms. The number of nitrogens with zero attached hydrogens (tertiary/aromatic N) is 4. The summed E-state index contributed by atoms with van der Waals surface area (Å²) in [6, 6.07) is 17.1. The Balaban J connectivity index is 1.42. The Hall–Kier alpha value is -2.88. The molecule has 1 aliphatic heterocycles. The Bertz CT molecular complexity index is 1020. The van der Waals surface area contributed by atoms with Crippen molar-refractivity contribution in [3.05, 3.63) is 59.6 Å². The lowest BCUT2D eigenvalue weighted by atomic mass is 10.0. The van der Waals surface area contributed by atoms with Crippen LogP contribution in [0.1, 0.15) is 31.0 Å². The second-order valence-corrected chi connectivity index (χ2v) is 7.91. The molecular weight excluding hydrogens is 374 g/mol. The Morgan fingerprint density at radius 2 is 1.90 bits per heavy atom. The van der Waals surface area contributed by atoms with E-state index in [0.29, 0.717) is 29.9 Å². The van der Waals surface area contributed by atoms with Gasteiger partial charge in [0.2, 0.25) is 17.5 Å². The highest BCUT2D eigenvalue weighted by molar-refractivity contribution is 5.85. The van der Waals surface area contributed by atoms with Gasteiger partial charge < -0.3 is 14.6 Å². The van der Waals surface area contributed by atoms with Gasteiger partial charge in [0.05, 0.1) is 6.42 Å². The highest BCUT2D eigenvalue weighted by atomic mass is 16.4. The third-order valence-corrected chi connectivity index (χ3v) is 6.03. The van der Waals surface area contributed by atoms with Gasteiger partial charge in [-0.25, -0.2) is 4.98 Å². The standard InChI is InChI=1S/C24H29N5O/c1-3-28-11-13-29(14-12-28)18(2)17-26-24-22(16-25)27-23(30-24)15-20-9-6-8-19-7-4-5-10-21(19)20/h4-10,18,26H,3,11-15,17H2,1-2H3/t18-/m0/s1. The maximum absolute atomic E-state index is 9.51. The number of rotatable bonds is 7. The fraction of sp³-hybridized carbons (Fsp3) is 0.417. The summed E-state index contributed by atoms with van der Waals surface area (Å²) < 4.78 is 5.96. The van der Waals surface area contributed by atoms with Crippen LogP contribution < -0.4 is 5.32 Å². The van der Waals surface area contributed by atoms with Crippen molar-refractivity contribution in [2.75, 3.05) is 44.6 Å². The monoisotopic (exact) mass is 403 g/mol. The zero-order valence-electron chi connectivity index (χ0n) is 17.8. The summed E-state index contributed by atoms with van der Waals surface area (Å²) in [4.78, 5) is 9.39. The number of likely N-dealkylation sites (N-methyl/N-ethyl adjacent to an activating group) is 1. The minimum Gasteiger partial charge on any atom is -0.423 e. The van der Waals surface area contributed by atoms with Crippen LogP contribution in [-0.2, 0) is 6.42 Å². The number of aromatic nitrogens is 1. The quantitative estimate of drug-likeness (QED) is 0.648. The topological polar surface area (TPSA) is 68.3 Å². The molecule has 0 saturated carbocycles. The molecule has 3 aromatic rings. The van der Waals surface area contributed by atoms with Gasteiger partial charge in [-0.05, 0) is 29.8 Å². The Morgan fingerprint density at radius 3 is 2.67 bits per heavy atom. The molecule has 6 heteroatoms. The highest BCUT2D eigenvalue weighted by Crippen LogP contribution is 2.24. The van der Waals surface area contributed by atoms with Gasteiger partial charge in [0.25, 0.3) is 0 Å². The molecule has 1 aromatic heterocycles. The number of hydrogen-bond acceptors (Lipinski definition) is 6. The maximum Gasteiger partial charge on any atom is 0.232 e. The smallest absolute Gasteiger partial charge is 0.232 e. The molecule has 156 valence electrons. The largest absolute Gasteiger partial charge is 0.423 e. The lowest BCUT2D eigenvalue weighted by molar-refractivity contribution is 0.110. The van der Waals surface area contributed by atoms with E-state index in [1.165, 1.54) is 10.8 Å². The maximum atomic E-state index is 9.51. The number of piperazine rings is 1. The first-order valence-electron chi connectivity index (χ1n) is 10.7. The third-order valence-electron chi connectivity index (χ3n) is 6.03. The number of fused-ring (bicyclic) bond motifs is 1. The lowest BCUT2D eigenvalue weighted by Crippen LogP contribution is -2.51. The van der Waals surface area contributed by atoms with Crippen LogP contribution in [0.15, 0.2) is 46.9 Å². The van der Waals surface area contributed by atoms with Gasteiger partial charge in [0.15, 0.2) is 0 Å². The van der Waals surface area contributed by atoms with Crippen LogP contribution in [-0.4, -0.2) is 60.1 Å². The summed E-state index contributed by atoms with van der Waals surface area (Å²) >= 11 is 0. The molecule has 2 heterocycles. The first kappa shape index (κ1) is 20.4. The minimum absolute atomic E-state index is 0.327. The van der Waals surface area contributed by atoms with E-state index in [9.17, 15) is 5.26 Å². The minimum atomic E-state index is 0.327. The molecule has 0 amide bonds. The van der Waals surface area contributed by atoms with E-state index in [1.807, 2.05) is 18.2 Å². The summed E-state index contributed by atoms with van der Waals surface area (Å²) in [6.07, 6.45) is 0.562. The third kappa shape index (κ3) is 4.48. The van der Waals surface area contributed by atoms with Crippen LogP contribution >= 0.6 is 0 Å². The predicted molar refractivity (Wildman–Crippen MR) is 120 cm³/mol. The number of oxazole rings is 1. The van der Waals surface area contributed by atoms with E-state index in [2.05, 4.69) is 64.3 Å². The molecule has 0 radical (unpaired) electrons. The summed E-state index contributed by atoms with van der Waals surface area (Å²) in [5.41, 5.74) is 1.47. The number of benzene rings is 2. The van der Waals surface area contributed by atoms with Crippen molar-refractivity contribution in [2.45, 2.75) is 26.3 Å². The van der Waals surface area contributed by atoms with Gasteiger partial charge >= 0.3 is 0 Å². The molecule has 4 rings (SSSR count). The molecule has 6 nitrogen and oxygen atoms in total. The van der Waals surface area contributed by atoms with Crippen molar-refractivity contribution in [3.63, 3.8) is 0 Å². The van der Waals surface area contributed by atoms with Crippen LogP contribution in [0.5, 0.6) is 0 Å². The average molecular weight is 404 g/mol. The van der Waals surface area contributed by atoms with Crippen molar-refractivity contribution in [1.29, 1.82) is 5.26 Å². The molecule has 2 aromatic carbocycles. The molecule has 0 spiro atoms. The van der Waals surface area contributed by atoms with Gasteiger partial charge in [-0.2, -0.15) is 5.26 Å². The molecular formula is C24H29N5O. The molecule has 1 fully saturated rings. The molecule has 1 atom stereocenters. The van der Waals surface area contributed by atoms with E-state index in [0.717, 1.165) is 44.8 Å². The molecule has 0 aliphatic carbocycles. The Kier molecular flexibility index (Phi) is 6.32. The molecule has 1 N–H and O–H groups in total. The van der Waals surface area contributed by atoms with Crippen molar-refractivity contribution >= 4 is 16.7 Å². The second kappa shape index (κ2) is 9.29. The van der Waals surface area contributed by atoms with Gasteiger partial charge in [-0.3, -0.25) is 4.90 Å². The highest BCUT2D eigenvalue weighted by Gasteiger charge is 2.21. The van der Waals surface area contributed by atoms with Crippen molar-refractivity contribution < 1.29 is 4.42 Å². The van der Waals surface area contributed by atoms with E-state index < -0.39 is 0 Å². The Labute approximate surface area is 178 Å². The van der Waals surface area contributed by atoms with Crippen LogP contribution in [0.2, 0.25) is 0 Å². The first-order chi connectivity index (χ1) is 14.7. The van der Waals surface area contributed by atoms with Gasteiger partial charge in [-0.15, -0.1) is 0 Å². The SMILES string of the molecule is CCN1CCN([C@@H](C)CNc2oc(Cc3cccc4ccccc34)nc2C#N)CC1. The number of nitrogens with one attached hydrogen (secondary N) is 1. The van der Waals surface area contributed by atoms with E-state index >= 15 is 0 Å². The van der Waals surface area contributed by atoms with Crippen LogP contribution in [0.3, 0.4) is 0 Å². The fourth-order valence-electron chi connectivity index (χ4n) is 4.14. The molecule has 30 heavy (non-hydrogen) atoms. The fourth-order valence-corrected chi connectivity index (χ4v) is 4.14. The number of hydrogen-bond donors (Lipinski definition) is 1. The second-order valence-electron chi connectivity index (χ2n) is 7.91. The summed E-state index contributed by atoms with van der Waals surface area (Å²) in [5.74, 6) is 1.04. The zero-order chi connectivity index (χ0) is 20.9. The predicted octanol–water partition coefficient (Wildman–Crippen LogP) is 3.73. The van der Waals surface area contributed by atoms with Gasteiger partial charge in [-0.1, -0.05) is 49.4 Å².